The van der Waals surface area contributed by atoms with Crippen molar-refractivity contribution in [1.29, 1.82) is 0 Å². The topological polar surface area (TPSA) is 94.1 Å². The van der Waals surface area contributed by atoms with Crippen molar-refractivity contribution in [3.8, 4) is 0 Å². The van der Waals surface area contributed by atoms with Gasteiger partial charge in [0, 0.05) is 13.0 Å². The smallest absolute Gasteiger partial charge is 0.306 e. The molecule has 0 aromatic carbocycles. The van der Waals surface area contributed by atoms with Gasteiger partial charge in [0.15, 0.2) is 0 Å². The molecule has 0 N–H and O–H groups in total. The van der Waals surface area contributed by atoms with E-state index in [9.17, 15) is 14.3 Å². The van der Waals surface area contributed by atoms with Gasteiger partial charge in [0.25, 0.3) is 7.82 Å². The third kappa shape index (κ3) is 53.3. The molecule has 0 aliphatic heterocycles. The van der Waals surface area contributed by atoms with Crippen LogP contribution in [-0.4, -0.2) is 70.7 Å². The molecule has 0 aromatic rings. The number of carbonyl (C=O) groups is 1. The summed E-state index contributed by atoms with van der Waals surface area (Å²) in [5, 5.41) is 0. The fourth-order valence-corrected chi connectivity index (χ4v) is 8.34. The molecule has 0 saturated heterocycles. The van der Waals surface area contributed by atoms with Crippen LogP contribution in [0.25, 0.3) is 0 Å². The van der Waals surface area contributed by atoms with E-state index in [1.54, 1.807) is 0 Å². The lowest BCUT2D eigenvalue weighted by atomic mass is 10.1. The highest BCUT2D eigenvalue weighted by molar-refractivity contribution is 7.45. The van der Waals surface area contributed by atoms with Crippen LogP contribution in [0.5, 0.6) is 0 Å². The Labute approximate surface area is 403 Å². The Bertz CT molecular complexity index is 1180. The van der Waals surface area contributed by atoms with Crippen molar-refractivity contribution in [2.24, 2.45) is 0 Å². The van der Waals surface area contributed by atoms with Crippen LogP contribution in [0.4, 0.5) is 0 Å². The lowest BCUT2D eigenvalue weighted by Gasteiger charge is -2.28. The molecule has 382 valence electrons. The zero-order valence-corrected chi connectivity index (χ0v) is 44.3. The molecule has 2 unspecified atom stereocenters. The molecule has 0 radical (unpaired) electrons. The number of quaternary nitrogens is 1. The number of esters is 1. The summed E-state index contributed by atoms with van der Waals surface area (Å²) in [6.07, 6.45) is 61.4. The molecule has 0 amide bonds. The summed E-state index contributed by atoms with van der Waals surface area (Å²) in [5.41, 5.74) is 0. The van der Waals surface area contributed by atoms with Gasteiger partial charge < -0.3 is 27.9 Å². The number of nitrogens with zero attached hydrogens (tertiary/aromatic N) is 1. The van der Waals surface area contributed by atoms with Gasteiger partial charge in [0.2, 0.25) is 0 Å². The summed E-state index contributed by atoms with van der Waals surface area (Å²) in [7, 11) is 1.35. The third-order valence-corrected chi connectivity index (χ3v) is 12.8. The Morgan fingerprint density at radius 3 is 1.28 bits per heavy atom. The lowest BCUT2D eigenvalue weighted by Crippen LogP contribution is -2.37. The van der Waals surface area contributed by atoms with Gasteiger partial charge in [-0.2, -0.15) is 0 Å². The minimum absolute atomic E-state index is 0.0223. The number of phosphoric acid groups is 1. The molecule has 65 heavy (non-hydrogen) atoms. The number of hydrogen-bond donors (Lipinski definition) is 0. The minimum Gasteiger partial charge on any atom is -0.756 e. The highest BCUT2D eigenvalue weighted by Crippen LogP contribution is 2.38. The summed E-state index contributed by atoms with van der Waals surface area (Å²) in [4.78, 5) is 25.2. The molecule has 9 heteroatoms. The van der Waals surface area contributed by atoms with Crippen molar-refractivity contribution in [1.82, 2.24) is 0 Å². The van der Waals surface area contributed by atoms with Crippen LogP contribution in [-0.2, 0) is 27.9 Å². The fourth-order valence-electron chi connectivity index (χ4n) is 7.61. The highest BCUT2D eigenvalue weighted by atomic mass is 31.2. The minimum atomic E-state index is -4.54. The first kappa shape index (κ1) is 63.5. The summed E-state index contributed by atoms with van der Waals surface area (Å²) in [6, 6.07) is 0. The summed E-state index contributed by atoms with van der Waals surface area (Å²) >= 11 is 0. The van der Waals surface area contributed by atoms with Crippen LogP contribution in [0.3, 0.4) is 0 Å². The van der Waals surface area contributed by atoms with E-state index in [1.807, 2.05) is 21.1 Å². The summed E-state index contributed by atoms with van der Waals surface area (Å²) < 4.78 is 34.8. The molecular formula is C56H106NO7P. The molecule has 0 rings (SSSR count). The van der Waals surface area contributed by atoms with Gasteiger partial charge in [-0.15, -0.1) is 0 Å². The molecule has 0 spiro atoms. The molecule has 0 aliphatic rings. The summed E-state index contributed by atoms with van der Waals surface area (Å²) in [5.74, 6) is -0.344. The van der Waals surface area contributed by atoms with E-state index in [1.165, 1.54) is 167 Å². The summed E-state index contributed by atoms with van der Waals surface area (Å²) in [6.45, 7) is 5.41. The van der Waals surface area contributed by atoms with E-state index in [-0.39, 0.29) is 25.8 Å². The van der Waals surface area contributed by atoms with Crippen molar-refractivity contribution < 1.29 is 37.3 Å². The highest BCUT2D eigenvalue weighted by Gasteiger charge is 2.20. The van der Waals surface area contributed by atoms with Crippen molar-refractivity contribution in [2.75, 3.05) is 54.1 Å². The van der Waals surface area contributed by atoms with Crippen molar-refractivity contribution >= 4 is 13.8 Å². The second kappa shape index (κ2) is 48.9. The van der Waals surface area contributed by atoms with Crippen LogP contribution in [0, 0.1) is 0 Å². The second-order valence-electron chi connectivity index (χ2n) is 19.6. The van der Waals surface area contributed by atoms with Crippen LogP contribution in [0.15, 0.2) is 48.6 Å². The molecule has 0 bridgehead atoms. The quantitative estimate of drug-likeness (QED) is 0.0197. The van der Waals surface area contributed by atoms with Crippen molar-refractivity contribution in [3.05, 3.63) is 48.6 Å². The SMILES string of the molecule is CCCCCCC/C=C\C/C=C\C/C=C\CCCCCCCCC(=O)OC(COCCCCCCCCCCCC/C=C\CCCCCCCCCC)COP(=O)([O-])OCC[N+](C)(C)C. The standard InChI is InChI=1S/C56H106NO7P/c1-6-8-10-12-14-16-18-20-22-24-26-28-30-32-34-36-38-40-42-44-46-48-51-61-53-55(54-63-65(59,60)62-52-50-57(3,4)5)64-56(58)49-47-45-43-41-39-37-35-33-31-29-27-25-23-21-19-17-15-13-11-9-7-2/h19,21,24-27,31,33,55H,6-18,20,22-23,28-30,32,34-54H2,1-5H3/b21-19-,26-24-,27-25-,33-31-. The number of allylic oxidation sites excluding steroid dienone is 8. The molecule has 0 heterocycles. The van der Waals surface area contributed by atoms with Gasteiger partial charge in [-0.3, -0.25) is 9.36 Å². The first-order valence-electron chi connectivity index (χ1n) is 27.4. The van der Waals surface area contributed by atoms with Gasteiger partial charge >= 0.3 is 5.97 Å². The Morgan fingerprint density at radius 1 is 0.477 bits per heavy atom. The average molecular weight is 936 g/mol. The Kier molecular flexibility index (Phi) is 47.7. The molecule has 8 nitrogen and oxygen atoms in total. The number of rotatable bonds is 51. The van der Waals surface area contributed by atoms with E-state index < -0.39 is 13.9 Å². The first-order chi connectivity index (χ1) is 31.6. The number of hydrogen-bond acceptors (Lipinski definition) is 7. The maximum Gasteiger partial charge on any atom is 0.306 e. The van der Waals surface area contributed by atoms with Gasteiger partial charge in [-0.05, 0) is 77.0 Å². The maximum atomic E-state index is 12.8. The monoisotopic (exact) mass is 936 g/mol. The predicted octanol–water partition coefficient (Wildman–Crippen LogP) is 16.4. The van der Waals surface area contributed by atoms with E-state index in [0.717, 1.165) is 57.8 Å². The largest absolute Gasteiger partial charge is 0.756 e. The van der Waals surface area contributed by atoms with E-state index in [2.05, 4.69) is 62.5 Å². The molecule has 0 fully saturated rings. The van der Waals surface area contributed by atoms with E-state index in [4.69, 9.17) is 18.5 Å². The van der Waals surface area contributed by atoms with Crippen molar-refractivity contribution in [2.45, 2.75) is 251 Å². The zero-order chi connectivity index (χ0) is 47.6. The number of ether oxygens (including phenoxy) is 2. The zero-order valence-electron chi connectivity index (χ0n) is 43.4. The van der Waals surface area contributed by atoms with Gasteiger partial charge in [0.05, 0.1) is 34.4 Å². The number of carbonyl (C=O) groups excluding carboxylic acids is 1. The average Bonchev–Trinajstić information content (AvgIpc) is 3.27. The molecule has 0 aliphatic carbocycles. The van der Waals surface area contributed by atoms with Crippen LogP contribution in [0.2, 0.25) is 0 Å². The Balaban J connectivity index is 4.14. The second-order valence-corrected chi connectivity index (χ2v) is 21.0. The predicted molar refractivity (Wildman–Crippen MR) is 277 cm³/mol. The van der Waals surface area contributed by atoms with E-state index in [0.29, 0.717) is 24.1 Å². The third-order valence-electron chi connectivity index (χ3n) is 11.9. The molecular weight excluding hydrogens is 830 g/mol. The number of likely N-dealkylation sites (N-methyl/N-ethyl adjacent to an activating group) is 1. The lowest BCUT2D eigenvalue weighted by molar-refractivity contribution is -0.870. The number of unbranched alkanes of at least 4 members (excludes halogenated alkanes) is 29. The molecule has 0 saturated carbocycles. The first-order valence-corrected chi connectivity index (χ1v) is 28.8. The Morgan fingerprint density at radius 2 is 0.846 bits per heavy atom. The molecule has 2 atom stereocenters. The van der Waals surface area contributed by atoms with Gasteiger partial charge in [0.1, 0.15) is 19.3 Å². The van der Waals surface area contributed by atoms with Crippen molar-refractivity contribution in [3.63, 3.8) is 0 Å². The normalized spacial score (nSPS) is 13.9. The van der Waals surface area contributed by atoms with Crippen LogP contribution >= 0.6 is 7.82 Å². The number of phosphoric ester groups is 1. The van der Waals surface area contributed by atoms with Gasteiger partial charge in [-0.25, -0.2) is 0 Å². The van der Waals surface area contributed by atoms with Crippen LogP contribution in [0.1, 0.15) is 245 Å². The van der Waals surface area contributed by atoms with E-state index >= 15 is 0 Å². The fraction of sp³-hybridized carbons (Fsp3) is 0.839. The maximum absolute atomic E-state index is 12.8. The molecule has 0 aromatic heterocycles. The Hall–Kier alpha value is -1.54. The van der Waals surface area contributed by atoms with Gasteiger partial charge in [-0.1, -0.05) is 210 Å². The van der Waals surface area contributed by atoms with Crippen LogP contribution < -0.4 is 4.89 Å².